The van der Waals surface area contributed by atoms with Gasteiger partial charge in [-0.05, 0) is 6.07 Å². The lowest BCUT2D eigenvalue weighted by Crippen LogP contribution is -2.12. The Balaban J connectivity index is 3.04. The van der Waals surface area contributed by atoms with Gasteiger partial charge in [-0.3, -0.25) is 0 Å². The molecule has 0 fully saturated rings. The number of methoxy groups -OCH3 is 1. The van der Waals surface area contributed by atoms with Crippen molar-refractivity contribution in [2.24, 2.45) is 5.73 Å². The van der Waals surface area contributed by atoms with Gasteiger partial charge in [0.05, 0.1) is 13.2 Å². The van der Waals surface area contributed by atoms with Crippen molar-refractivity contribution in [1.29, 1.82) is 0 Å². The molecule has 0 bridgehead atoms. The summed E-state index contributed by atoms with van der Waals surface area (Å²) < 4.78 is 5.03. The molecule has 0 heterocycles. The quantitative estimate of drug-likeness (QED) is 0.677. The molecule has 1 atom stereocenters. The molecule has 0 radical (unpaired) electrons. The van der Waals surface area contributed by atoms with Gasteiger partial charge in [0.2, 0.25) is 0 Å². The van der Waals surface area contributed by atoms with Crippen LogP contribution in [0.1, 0.15) is 11.6 Å². The topological polar surface area (TPSA) is 52.3 Å². The predicted octanol–water partition coefficient (Wildman–Crippen LogP) is 0.894. The molecule has 1 unspecified atom stereocenters. The van der Waals surface area contributed by atoms with E-state index in [4.69, 9.17) is 10.5 Å². The number of benzene rings is 1. The van der Waals surface area contributed by atoms with Crippen LogP contribution in [0, 0.1) is 0 Å². The van der Waals surface area contributed by atoms with Crippen LogP contribution >= 0.6 is 0 Å². The SMILES string of the molecule is COc1ccccc1C(N)C=O. The Morgan fingerprint density at radius 2 is 2.17 bits per heavy atom. The van der Waals surface area contributed by atoms with Gasteiger partial charge in [-0.25, -0.2) is 0 Å². The smallest absolute Gasteiger partial charge is 0.141 e. The average molecular weight is 165 g/mol. The van der Waals surface area contributed by atoms with Crippen LogP contribution < -0.4 is 10.5 Å². The van der Waals surface area contributed by atoms with Crippen molar-refractivity contribution in [2.45, 2.75) is 6.04 Å². The standard InChI is InChI=1S/C9H11NO2/c1-12-9-5-3-2-4-7(9)8(10)6-11/h2-6,8H,10H2,1H3. The van der Waals surface area contributed by atoms with Crippen LogP contribution in [-0.2, 0) is 4.79 Å². The average Bonchev–Trinajstić information content (AvgIpc) is 2.16. The summed E-state index contributed by atoms with van der Waals surface area (Å²) in [5.41, 5.74) is 6.24. The molecular weight excluding hydrogens is 154 g/mol. The number of carbonyl (C=O) groups excluding carboxylic acids is 1. The highest BCUT2D eigenvalue weighted by Gasteiger charge is 2.08. The molecule has 12 heavy (non-hydrogen) atoms. The lowest BCUT2D eigenvalue weighted by molar-refractivity contribution is -0.109. The first-order valence-corrected chi connectivity index (χ1v) is 3.63. The maximum Gasteiger partial charge on any atom is 0.141 e. The highest BCUT2D eigenvalue weighted by atomic mass is 16.5. The summed E-state index contributed by atoms with van der Waals surface area (Å²) in [5.74, 6) is 0.650. The minimum atomic E-state index is -0.596. The zero-order valence-electron chi connectivity index (χ0n) is 6.86. The molecule has 64 valence electrons. The maximum absolute atomic E-state index is 10.4. The van der Waals surface area contributed by atoms with E-state index >= 15 is 0 Å². The van der Waals surface area contributed by atoms with Gasteiger partial charge >= 0.3 is 0 Å². The monoisotopic (exact) mass is 165 g/mol. The van der Waals surface area contributed by atoms with E-state index in [0.29, 0.717) is 12.0 Å². The third-order valence-electron chi connectivity index (χ3n) is 1.64. The molecule has 0 aliphatic rings. The molecule has 2 N–H and O–H groups in total. The Bertz CT molecular complexity index is 273. The minimum Gasteiger partial charge on any atom is -0.496 e. The van der Waals surface area contributed by atoms with E-state index in [0.717, 1.165) is 5.56 Å². The number of hydrogen-bond donors (Lipinski definition) is 1. The number of carbonyl (C=O) groups is 1. The summed E-state index contributed by atoms with van der Waals surface area (Å²) in [5, 5.41) is 0. The fourth-order valence-electron chi connectivity index (χ4n) is 1.02. The summed E-state index contributed by atoms with van der Waals surface area (Å²) >= 11 is 0. The van der Waals surface area contributed by atoms with E-state index in [2.05, 4.69) is 0 Å². The van der Waals surface area contributed by atoms with Gasteiger partial charge in [0.1, 0.15) is 12.0 Å². The molecular formula is C9H11NO2. The molecule has 0 amide bonds. The third-order valence-corrected chi connectivity index (χ3v) is 1.64. The number of aldehydes is 1. The molecule has 1 rings (SSSR count). The Morgan fingerprint density at radius 1 is 1.50 bits per heavy atom. The third kappa shape index (κ3) is 1.62. The first kappa shape index (κ1) is 8.74. The van der Waals surface area contributed by atoms with Crippen LogP contribution in [-0.4, -0.2) is 13.4 Å². The zero-order valence-corrected chi connectivity index (χ0v) is 6.86. The molecule has 1 aromatic carbocycles. The van der Waals surface area contributed by atoms with Crippen molar-refractivity contribution in [1.82, 2.24) is 0 Å². The van der Waals surface area contributed by atoms with Gasteiger partial charge in [-0.2, -0.15) is 0 Å². The van der Waals surface area contributed by atoms with E-state index in [-0.39, 0.29) is 0 Å². The van der Waals surface area contributed by atoms with Gasteiger partial charge in [0, 0.05) is 5.56 Å². The maximum atomic E-state index is 10.4. The zero-order chi connectivity index (χ0) is 8.97. The van der Waals surface area contributed by atoms with Crippen LogP contribution in [0.15, 0.2) is 24.3 Å². The van der Waals surface area contributed by atoms with E-state index in [1.54, 1.807) is 19.2 Å². The fourth-order valence-corrected chi connectivity index (χ4v) is 1.02. The van der Waals surface area contributed by atoms with Gasteiger partial charge in [0.15, 0.2) is 0 Å². The van der Waals surface area contributed by atoms with Gasteiger partial charge in [0.25, 0.3) is 0 Å². The van der Waals surface area contributed by atoms with Crippen LogP contribution in [0.25, 0.3) is 0 Å². The van der Waals surface area contributed by atoms with Crippen LogP contribution in [0.3, 0.4) is 0 Å². The molecule has 1 aromatic rings. The summed E-state index contributed by atoms with van der Waals surface area (Å²) in [7, 11) is 1.55. The van der Waals surface area contributed by atoms with Crippen molar-refractivity contribution in [3.63, 3.8) is 0 Å². The second kappa shape index (κ2) is 3.88. The number of hydrogen-bond acceptors (Lipinski definition) is 3. The Morgan fingerprint density at radius 3 is 2.75 bits per heavy atom. The molecule has 3 nitrogen and oxygen atoms in total. The van der Waals surface area contributed by atoms with Crippen molar-refractivity contribution in [3.05, 3.63) is 29.8 Å². The lowest BCUT2D eigenvalue weighted by Gasteiger charge is -2.09. The highest BCUT2D eigenvalue weighted by molar-refractivity contribution is 5.63. The molecule has 0 aliphatic heterocycles. The van der Waals surface area contributed by atoms with Crippen molar-refractivity contribution < 1.29 is 9.53 Å². The molecule has 0 spiro atoms. The van der Waals surface area contributed by atoms with Crippen molar-refractivity contribution in [3.8, 4) is 5.75 Å². The van der Waals surface area contributed by atoms with Gasteiger partial charge in [-0.15, -0.1) is 0 Å². The molecule has 0 aromatic heterocycles. The Hall–Kier alpha value is -1.35. The van der Waals surface area contributed by atoms with Crippen molar-refractivity contribution in [2.75, 3.05) is 7.11 Å². The number of nitrogens with two attached hydrogens (primary N) is 1. The number of ether oxygens (including phenoxy) is 1. The second-order valence-corrected chi connectivity index (χ2v) is 2.40. The van der Waals surface area contributed by atoms with Gasteiger partial charge in [-0.1, -0.05) is 18.2 Å². The van der Waals surface area contributed by atoms with Crippen LogP contribution in [0.5, 0.6) is 5.75 Å². The predicted molar refractivity (Wildman–Crippen MR) is 46.0 cm³/mol. The summed E-state index contributed by atoms with van der Waals surface area (Å²) in [6, 6.07) is 6.61. The molecule has 3 heteroatoms. The molecule has 0 saturated heterocycles. The largest absolute Gasteiger partial charge is 0.496 e. The van der Waals surface area contributed by atoms with E-state index in [1.807, 2.05) is 12.1 Å². The van der Waals surface area contributed by atoms with E-state index in [9.17, 15) is 4.79 Å². The normalized spacial score (nSPS) is 12.2. The first-order valence-electron chi connectivity index (χ1n) is 3.63. The summed E-state index contributed by atoms with van der Waals surface area (Å²) in [6.07, 6.45) is 0.692. The molecule has 0 saturated carbocycles. The second-order valence-electron chi connectivity index (χ2n) is 2.40. The van der Waals surface area contributed by atoms with E-state index < -0.39 is 6.04 Å². The van der Waals surface area contributed by atoms with Crippen LogP contribution in [0.4, 0.5) is 0 Å². The Kier molecular flexibility index (Phi) is 2.82. The molecule has 0 aliphatic carbocycles. The highest BCUT2D eigenvalue weighted by Crippen LogP contribution is 2.21. The number of rotatable bonds is 3. The minimum absolute atomic E-state index is 0.596. The number of para-hydroxylation sites is 1. The first-order chi connectivity index (χ1) is 5.79. The summed E-state index contributed by atoms with van der Waals surface area (Å²) in [6.45, 7) is 0. The lowest BCUT2D eigenvalue weighted by atomic mass is 10.1. The van der Waals surface area contributed by atoms with Gasteiger partial charge < -0.3 is 15.3 Å². The van der Waals surface area contributed by atoms with E-state index in [1.165, 1.54) is 0 Å². The summed E-state index contributed by atoms with van der Waals surface area (Å²) in [4.78, 5) is 10.4. The van der Waals surface area contributed by atoms with Crippen molar-refractivity contribution >= 4 is 6.29 Å². The Labute approximate surface area is 71.1 Å². The fraction of sp³-hybridized carbons (Fsp3) is 0.222. The van der Waals surface area contributed by atoms with Crippen LogP contribution in [0.2, 0.25) is 0 Å².